The lowest BCUT2D eigenvalue weighted by Gasteiger charge is -2.36. The number of nitrogens with one attached hydrogen (secondary N) is 3. The molecule has 0 aliphatic carbocycles. The van der Waals surface area contributed by atoms with E-state index in [4.69, 9.17) is 0 Å². The van der Waals surface area contributed by atoms with E-state index in [1.807, 2.05) is 25.7 Å². The Morgan fingerprint density at radius 3 is 2.61 bits per heavy atom. The molecule has 1 aliphatic heterocycles. The molecule has 3 N–H and O–H groups in total. The second-order valence-corrected chi connectivity index (χ2v) is 10.4. The van der Waals surface area contributed by atoms with Gasteiger partial charge < -0.3 is 20.5 Å². The van der Waals surface area contributed by atoms with Crippen molar-refractivity contribution in [2.45, 2.75) is 90.8 Å². The number of benzene rings is 1. The molecule has 2 aromatic rings. The monoisotopic (exact) mass is 531 g/mol. The summed E-state index contributed by atoms with van der Waals surface area (Å²) in [4.78, 5) is 48.2. The molecular formula is C28H39F2N5O3. The van der Waals surface area contributed by atoms with Gasteiger partial charge in [0.15, 0.2) is 0 Å². The Balaban J connectivity index is 1.72. The van der Waals surface area contributed by atoms with E-state index in [1.54, 1.807) is 6.92 Å². The standard InChI is InChI=1S/C28H39F2N5O3/c1-5-20-8-6-7-13-35(20)26(37)15-23(33-25(36)12-9-17(2)3)28(38)32-18(4)27-31-16-24(34-27)21-11-10-19(29)14-22(21)30/h10-11,14,16-18,20,23H,5-9,12-13,15H2,1-4H3,(H,31,34)(H,32,38)(H,33,36)/t18-,20?,23?/m0/s1. The minimum absolute atomic E-state index is 0.132. The first-order valence-electron chi connectivity index (χ1n) is 13.5. The maximum Gasteiger partial charge on any atom is 0.243 e. The van der Waals surface area contributed by atoms with Gasteiger partial charge in [0.25, 0.3) is 0 Å². The van der Waals surface area contributed by atoms with E-state index >= 15 is 0 Å². The number of rotatable bonds is 11. The molecule has 0 bridgehead atoms. The molecule has 10 heteroatoms. The average molecular weight is 532 g/mol. The van der Waals surface area contributed by atoms with Crippen LogP contribution in [0.3, 0.4) is 0 Å². The van der Waals surface area contributed by atoms with E-state index in [-0.39, 0.29) is 36.3 Å². The number of H-pyrrole nitrogens is 1. The van der Waals surface area contributed by atoms with Crippen LogP contribution in [0.4, 0.5) is 8.78 Å². The minimum atomic E-state index is -1.03. The van der Waals surface area contributed by atoms with Crippen molar-refractivity contribution >= 4 is 17.7 Å². The van der Waals surface area contributed by atoms with E-state index in [2.05, 4.69) is 20.6 Å². The number of halogens is 2. The summed E-state index contributed by atoms with van der Waals surface area (Å²) in [5.41, 5.74) is 0.486. The van der Waals surface area contributed by atoms with Crippen molar-refractivity contribution in [3.8, 4) is 11.3 Å². The summed E-state index contributed by atoms with van der Waals surface area (Å²) in [7, 11) is 0. The lowest BCUT2D eigenvalue weighted by Crippen LogP contribution is -2.52. The number of nitrogens with zero attached hydrogens (tertiary/aromatic N) is 2. The van der Waals surface area contributed by atoms with Crippen molar-refractivity contribution in [1.82, 2.24) is 25.5 Å². The van der Waals surface area contributed by atoms with Crippen LogP contribution in [0.2, 0.25) is 0 Å². The smallest absolute Gasteiger partial charge is 0.243 e. The predicted molar refractivity (Wildman–Crippen MR) is 141 cm³/mol. The van der Waals surface area contributed by atoms with Gasteiger partial charge in [0.2, 0.25) is 17.7 Å². The molecule has 8 nitrogen and oxygen atoms in total. The Morgan fingerprint density at radius 2 is 1.92 bits per heavy atom. The number of likely N-dealkylation sites (tertiary alicyclic amines) is 1. The zero-order valence-corrected chi connectivity index (χ0v) is 22.7. The van der Waals surface area contributed by atoms with Gasteiger partial charge >= 0.3 is 0 Å². The van der Waals surface area contributed by atoms with Gasteiger partial charge in [-0.15, -0.1) is 0 Å². The van der Waals surface area contributed by atoms with Gasteiger partial charge in [0.1, 0.15) is 23.5 Å². The van der Waals surface area contributed by atoms with Gasteiger partial charge in [-0.3, -0.25) is 14.4 Å². The van der Waals surface area contributed by atoms with Crippen LogP contribution in [0.25, 0.3) is 11.3 Å². The minimum Gasteiger partial charge on any atom is -0.345 e. The molecular weight excluding hydrogens is 492 g/mol. The van der Waals surface area contributed by atoms with Crippen molar-refractivity contribution in [2.24, 2.45) is 5.92 Å². The Labute approximate surface area is 223 Å². The first kappa shape index (κ1) is 29.3. The van der Waals surface area contributed by atoms with E-state index in [1.165, 1.54) is 12.3 Å². The summed E-state index contributed by atoms with van der Waals surface area (Å²) in [6.07, 6.45) is 5.98. The highest BCUT2D eigenvalue weighted by molar-refractivity contribution is 5.92. The van der Waals surface area contributed by atoms with E-state index in [9.17, 15) is 23.2 Å². The van der Waals surface area contributed by atoms with Crippen molar-refractivity contribution in [1.29, 1.82) is 0 Å². The molecule has 38 heavy (non-hydrogen) atoms. The van der Waals surface area contributed by atoms with Crippen molar-refractivity contribution in [2.75, 3.05) is 6.54 Å². The van der Waals surface area contributed by atoms with Gasteiger partial charge in [-0.1, -0.05) is 20.8 Å². The van der Waals surface area contributed by atoms with Crippen LogP contribution in [0.15, 0.2) is 24.4 Å². The fourth-order valence-electron chi connectivity index (χ4n) is 4.72. The third-order valence-electron chi connectivity index (χ3n) is 6.98. The van der Waals surface area contributed by atoms with Crippen LogP contribution in [-0.2, 0) is 14.4 Å². The van der Waals surface area contributed by atoms with Crippen LogP contribution < -0.4 is 10.6 Å². The zero-order valence-electron chi connectivity index (χ0n) is 22.7. The molecule has 0 radical (unpaired) electrons. The number of aromatic nitrogens is 2. The predicted octanol–water partition coefficient (Wildman–Crippen LogP) is 4.63. The Kier molecular flexibility index (Phi) is 10.4. The number of aromatic amines is 1. The van der Waals surface area contributed by atoms with Crippen molar-refractivity contribution < 1.29 is 23.2 Å². The summed E-state index contributed by atoms with van der Waals surface area (Å²) in [5, 5.41) is 5.58. The molecule has 1 fully saturated rings. The maximum atomic E-state index is 14.2. The lowest BCUT2D eigenvalue weighted by molar-refractivity contribution is -0.139. The molecule has 1 aromatic carbocycles. The second-order valence-electron chi connectivity index (χ2n) is 10.4. The SMILES string of the molecule is CCC1CCCCN1C(=O)CC(NC(=O)CCC(C)C)C(=O)N[C@@H](C)c1ncc(-c2ccc(F)cc2F)[nH]1. The van der Waals surface area contributed by atoms with E-state index in [0.717, 1.165) is 37.8 Å². The van der Waals surface area contributed by atoms with Gasteiger partial charge in [-0.25, -0.2) is 13.8 Å². The normalized spacial score (nSPS) is 17.2. The molecule has 2 unspecified atom stereocenters. The quantitative estimate of drug-likeness (QED) is 0.393. The molecule has 0 spiro atoms. The Morgan fingerprint density at radius 1 is 1.16 bits per heavy atom. The molecule has 3 amide bonds. The van der Waals surface area contributed by atoms with Crippen LogP contribution >= 0.6 is 0 Å². The molecule has 0 saturated carbocycles. The number of carbonyl (C=O) groups is 3. The fraction of sp³-hybridized carbons (Fsp3) is 0.571. The number of piperidine rings is 1. The molecule has 3 atom stereocenters. The molecule has 1 saturated heterocycles. The molecule has 208 valence electrons. The summed E-state index contributed by atoms with van der Waals surface area (Å²) in [5.74, 6) is -1.67. The second kappa shape index (κ2) is 13.5. The van der Waals surface area contributed by atoms with Crippen LogP contribution in [0, 0.1) is 17.6 Å². The van der Waals surface area contributed by atoms with Crippen molar-refractivity contribution in [3.05, 3.63) is 41.9 Å². The summed E-state index contributed by atoms with van der Waals surface area (Å²) in [6.45, 7) is 8.42. The highest BCUT2D eigenvalue weighted by atomic mass is 19.1. The average Bonchev–Trinajstić information content (AvgIpc) is 3.37. The number of carbonyl (C=O) groups excluding carboxylic acids is 3. The van der Waals surface area contributed by atoms with Crippen LogP contribution in [-0.4, -0.2) is 51.2 Å². The number of hydrogen-bond acceptors (Lipinski definition) is 4. The Bertz CT molecular complexity index is 1120. The van der Waals surface area contributed by atoms with Crippen LogP contribution in [0.5, 0.6) is 0 Å². The summed E-state index contributed by atoms with van der Waals surface area (Å²) in [6, 6.07) is 1.74. The number of amides is 3. The first-order valence-corrected chi connectivity index (χ1v) is 13.5. The lowest BCUT2D eigenvalue weighted by atomic mass is 9.98. The fourth-order valence-corrected chi connectivity index (χ4v) is 4.72. The zero-order chi connectivity index (χ0) is 27.8. The highest BCUT2D eigenvalue weighted by Crippen LogP contribution is 2.24. The molecule has 3 rings (SSSR count). The Hall–Kier alpha value is -3.30. The molecule has 1 aromatic heterocycles. The number of hydrogen-bond donors (Lipinski definition) is 3. The maximum absolute atomic E-state index is 14.2. The topological polar surface area (TPSA) is 107 Å². The van der Waals surface area contributed by atoms with Gasteiger partial charge in [0.05, 0.1) is 24.4 Å². The molecule has 1 aliphatic rings. The third kappa shape index (κ3) is 7.85. The number of imidazole rings is 1. The summed E-state index contributed by atoms with van der Waals surface area (Å²) >= 11 is 0. The van der Waals surface area contributed by atoms with Gasteiger partial charge in [0, 0.05) is 30.6 Å². The largest absolute Gasteiger partial charge is 0.345 e. The summed E-state index contributed by atoms with van der Waals surface area (Å²) < 4.78 is 27.5. The molecule has 2 heterocycles. The highest BCUT2D eigenvalue weighted by Gasteiger charge is 2.31. The van der Waals surface area contributed by atoms with Crippen molar-refractivity contribution in [3.63, 3.8) is 0 Å². The van der Waals surface area contributed by atoms with Gasteiger partial charge in [-0.2, -0.15) is 0 Å². The van der Waals surface area contributed by atoms with E-state index in [0.29, 0.717) is 30.4 Å². The van der Waals surface area contributed by atoms with E-state index < -0.39 is 29.6 Å². The van der Waals surface area contributed by atoms with Gasteiger partial charge in [-0.05, 0) is 57.1 Å². The van der Waals surface area contributed by atoms with Crippen LogP contribution in [0.1, 0.15) is 84.5 Å². The first-order chi connectivity index (χ1) is 18.1. The third-order valence-corrected chi connectivity index (χ3v) is 6.98.